The quantitative estimate of drug-likeness (QED) is 0.313. The second-order valence-corrected chi connectivity index (χ2v) is 7.33. The lowest BCUT2D eigenvalue weighted by atomic mass is 10.00. The van der Waals surface area contributed by atoms with Gasteiger partial charge in [0.15, 0.2) is 0 Å². The standard InChI is InChI=1S/C23H36N2O.C2H6/c1-5-22(24-6-2)11-7-8-17-25-23(26)12-9-10-20-13-15-21(16-14-20)18-19(3)4;1-2/h5-6,13-16,19,22,24H,1-2,7-12,17-18H2,3-4H3,(H,25,26);1-2H3. The molecule has 0 heterocycles. The third-order valence-electron chi connectivity index (χ3n) is 4.42. The maximum atomic E-state index is 11.9. The van der Waals surface area contributed by atoms with Gasteiger partial charge in [-0.2, -0.15) is 0 Å². The van der Waals surface area contributed by atoms with Gasteiger partial charge in [0, 0.05) is 19.0 Å². The lowest BCUT2D eigenvalue weighted by Crippen LogP contribution is -2.25. The van der Waals surface area contributed by atoms with Crippen LogP contribution in [0.25, 0.3) is 0 Å². The van der Waals surface area contributed by atoms with Crippen LogP contribution in [-0.4, -0.2) is 18.5 Å². The van der Waals surface area contributed by atoms with Crippen LogP contribution in [0.2, 0.25) is 0 Å². The Kier molecular flexibility index (Phi) is 15.9. The van der Waals surface area contributed by atoms with Gasteiger partial charge in [0.2, 0.25) is 5.91 Å². The van der Waals surface area contributed by atoms with E-state index in [1.54, 1.807) is 6.20 Å². The molecule has 2 N–H and O–H groups in total. The molecule has 0 aliphatic carbocycles. The first-order chi connectivity index (χ1) is 13.5. The van der Waals surface area contributed by atoms with Crippen molar-refractivity contribution in [2.75, 3.05) is 6.54 Å². The molecular formula is C25H42N2O. The van der Waals surface area contributed by atoms with Gasteiger partial charge in [-0.05, 0) is 61.8 Å². The topological polar surface area (TPSA) is 41.1 Å². The molecule has 28 heavy (non-hydrogen) atoms. The van der Waals surface area contributed by atoms with E-state index in [-0.39, 0.29) is 11.9 Å². The summed E-state index contributed by atoms with van der Waals surface area (Å²) in [7, 11) is 0. The second-order valence-electron chi connectivity index (χ2n) is 7.33. The molecule has 0 radical (unpaired) electrons. The number of aryl methyl sites for hydroxylation is 1. The molecule has 0 saturated carbocycles. The SMILES string of the molecule is C=CNC(C=C)CCCCNC(=O)CCCc1ccc(CC(C)C)cc1.CC. The Hall–Kier alpha value is -2.03. The van der Waals surface area contributed by atoms with Crippen molar-refractivity contribution in [2.45, 2.75) is 78.7 Å². The molecular weight excluding hydrogens is 344 g/mol. The highest BCUT2D eigenvalue weighted by molar-refractivity contribution is 5.75. The number of unbranched alkanes of at least 4 members (excludes halogenated alkanes) is 1. The Morgan fingerprint density at radius 3 is 2.25 bits per heavy atom. The molecule has 0 aliphatic rings. The zero-order chi connectivity index (χ0) is 21.2. The summed E-state index contributed by atoms with van der Waals surface area (Å²) in [5, 5.41) is 6.16. The van der Waals surface area contributed by atoms with E-state index in [9.17, 15) is 4.79 Å². The van der Waals surface area contributed by atoms with Crippen molar-refractivity contribution in [1.82, 2.24) is 10.6 Å². The monoisotopic (exact) mass is 386 g/mol. The molecule has 3 nitrogen and oxygen atoms in total. The number of carbonyl (C=O) groups excluding carboxylic acids is 1. The molecule has 1 aromatic rings. The number of hydrogen-bond acceptors (Lipinski definition) is 2. The summed E-state index contributed by atoms with van der Waals surface area (Å²) in [6, 6.07) is 9.10. The van der Waals surface area contributed by atoms with Crippen LogP contribution in [0.1, 0.15) is 70.9 Å². The third kappa shape index (κ3) is 13.2. The lowest BCUT2D eigenvalue weighted by molar-refractivity contribution is -0.121. The van der Waals surface area contributed by atoms with Gasteiger partial charge in [0.25, 0.3) is 0 Å². The maximum Gasteiger partial charge on any atom is 0.220 e. The molecule has 1 rings (SSSR count). The van der Waals surface area contributed by atoms with Crippen molar-refractivity contribution in [1.29, 1.82) is 0 Å². The molecule has 1 unspecified atom stereocenters. The maximum absolute atomic E-state index is 11.9. The zero-order valence-corrected chi connectivity index (χ0v) is 18.6. The average Bonchev–Trinajstić information content (AvgIpc) is 2.69. The Balaban J connectivity index is 0.00000352. The van der Waals surface area contributed by atoms with Crippen molar-refractivity contribution in [3.8, 4) is 0 Å². The number of nitrogens with one attached hydrogen (secondary N) is 2. The molecule has 3 heteroatoms. The first-order valence-electron chi connectivity index (χ1n) is 10.9. The summed E-state index contributed by atoms with van der Waals surface area (Å²) >= 11 is 0. The molecule has 0 saturated heterocycles. The smallest absolute Gasteiger partial charge is 0.220 e. The fourth-order valence-electron chi connectivity index (χ4n) is 2.99. The van der Waals surface area contributed by atoms with E-state index in [1.807, 2.05) is 19.9 Å². The van der Waals surface area contributed by atoms with Crippen molar-refractivity contribution in [3.05, 3.63) is 60.8 Å². The van der Waals surface area contributed by atoms with Crippen LogP contribution in [0.15, 0.2) is 49.7 Å². The van der Waals surface area contributed by atoms with Crippen molar-refractivity contribution >= 4 is 5.91 Å². The fourth-order valence-corrected chi connectivity index (χ4v) is 2.99. The van der Waals surface area contributed by atoms with Gasteiger partial charge in [-0.1, -0.05) is 64.6 Å². The number of benzene rings is 1. The van der Waals surface area contributed by atoms with Crippen molar-refractivity contribution in [2.24, 2.45) is 5.92 Å². The normalized spacial score (nSPS) is 11.2. The highest BCUT2D eigenvalue weighted by atomic mass is 16.1. The van der Waals surface area contributed by atoms with Crippen molar-refractivity contribution < 1.29 is 4.79 Å². The molecule has 0 bridgehead atoms. The largest absolute Gasteiger partial charge is 0.385 e. The summed E-state index contributed by atoms with van der Waals surface area (Å²) in [4.78, 5) is 11.9. The highest BCUT2D eigenvalue weighted by Gasteiger charge is 2.04. The summed E-state index contributed by atoms with van der Waals surface area (Å²) in [6.45, 7) is 16.7. The fraction of sp³-hybridized carbons (Fsp3) is 0.560. The molecule has 0 aromatic heterocycles. The molecule has 0 fully saturated rings. The van der Waals surface area contributed by atoms with Crippen LogP contribution >= 0.6 is 0 Å². The molecule has 0 spiro atoms. The molecule has 158 valence electrons. The first-order valence-corrected chi connectivity index (χ1v) is 10.9. The van der Waals surface area contributed by atoms with Gasteiger partial charge >= 0.3 is 0 Å². The highest BCUT2D eigenvalue weighted by Crippen LogP contribution is 2.11. The van der Waals surface area contributed by atoms with Gasteiger partial charge < -0.3 is 10.6 Å². The number of carbonyl (C=O) groups is 1. The Labute approximate surface area is 173 Å². The van der Waals surface area contributed by atoms with E-state index >= 15 is 0 Å². The predicted molar refractivity (Wildman–Crippen MR) is 123 cm³/mol. The molecule has 0 aliphatic heterocycles. The van der Waals surface area contributed by atoms with Crippen LogP contribution in [0.4, 0.5) is 0 Å². The zero-order valence-electron chi connectivity index (χ0n) is 18.6. The van der Waals surface area contributed by atoms with Gasteiger partial charge in [0.1, 0.15) is 0 Å². The summed E-state index contributed by atoms with van der Waals surface area (Å²) in [5.41, 5.74) is 2.71. The van der Waals surface area contributed by atoms with Gasteiger partial charge in [0.05, 0.1) is 0 Å². The number of amides is 1. The molecule has 1 atom stereocenters. The summed E-state index contributed by atoms with van der Waals surface area (Å²) < 4.78 is 0. The van der Waals surface area contributed by atoms with Crippen LogP contribution in [-0.2, 0) is 17.6 Å². The van der Waals surface area contributed by atoms with Crippen LogP contribution in [0.5, 0.6) is 0 Å². The van der Waals surface area contributed by atoms with Crippen molar-refractivity contribution in [3.63, 3.8) is 0 Å². The molecule has 1 aromatic carbocycles. The second kappa shape index (κ2) is 17.1. The van der Waals surface area contributed by atoms with Gasteiger partial charge in [-0.15, -0.1) is 6.58 Å². The Morgan fingerprint density at radius 2 is 1.68 bits per heavy atom. The lowest BCUT2D eigenvalue weighted by Gasteiger charge is -2.12. The van der Waals surface area contributed by atoms with Crippen LogP contribution < -0.4 is 10.6 Å². The van der Waals surface area contributed by atoms with E-state index in [2.05, 4.69) is 61.9 Å². The van der Waals surface area contributed by atoms with E-state index in [0.717, 1.165) is 45.1 Å². The summed E-state index contributed by atoms with van der Waals surface area (Å²) in [6.07, 6.45) is 10.2. The third-order valence-corrected chi connectivity index (χ3v) is 4.42. The Bertz CT molecular complexity index is 534. The summed E-state index contributed by atoms with van der Waals surface area (Å²) in [5.74, 6) is 0.844. The van der Waals surface area contributed by atoms with Gasteiger partial charge in [-0.3, -0.25) is 4.79 Å². The number of hydrogen-bond donors (Lipinski definition) is 2. The average molecular weight is 387 g/mol. The van der Waals surface area contributed by atoms with E-state index in [0.29, 0.717) is 12.3 Å². The van der Waals surface area contributed by atoms with E-state index in [4.69, 9.17) is 0 Å². The molecule has 1 amide bonds. The van der Waals surface area contributed by atoms with E-state index < -0.39 is 0 Å². The minimum atomic E-state index is 0.158. The first kappa shape index (κ1) is 26.0. The van der Waals surface area contributed by atoms with E-state index in [1.165, 1.54) is 11.1 Å². The Morgan fingerprint density at radius 1 is 1.04 bits per heavy atom. The van der Waals surface area contributed by atoms with Crippen LogP contribution in [0.3, 0.4) is 0 Å². The predicted octanol–water partition coefficient (Wildman–Crippen LogP) is 5.81. The van der Waals surface area contributed by atoms with Crippen LogP contribution in [0, 0.1) is 5.92 Å². The minimum absolute atomic E-state index is 0.158. The number of rotatable bonds is 14. The minimum Gasteiger partial charge on any atom is -0.385 e. The van der Waals surface area contributed by atoms with Gasteiger partial charge in [-0.25, -0.2) is 0 Å².